The number of nitrogens with one attached hydrogen (secondary N) is 2. The molecule has 0 aliphatic carbocycles. The highest BCUT2D eigenvalue weighted by molar-refractivity contribution is 14.2. The number of carbonyl (C=O) groups excluding carboxylic acids is 2. The summed E-state index contributed by atoms with van der Waals surface area (Å²) < 4.78 is 17.6. The fraction of sp³-hybridized carbons (Fsp3) is 0.136. The average Bonchev–Trinajstić information content (AvgIpc) is 2.81. The lowest BCUT2D eigenvalue weighted by atomic mass is 10.1. The standard InChI is InChI=1S/C22H19Cl2IN4O4S/c23-13-2-6-18(17(10-13)22(31)29-20-7-3-14(24)12-27-20)28-21(30)16-5-4-15(34(25)32)11-19(16)33-9-1-8-26/h2-7,10-12H,1,8-9,26H2,(H,28,30)(H,27,29,31)/t34-/m1/s1. The van der Waals surface area contributed by atoms with E-state index >= 15 is 0 Å². The van der Waals surface area contributed by atoms with Crippen molar-refractivity contribution in [1.29, 1.82) is 0 Å². The van der Waals surface area contributed by atoms with Crippen LogP contribution < -0.4 is 21.1 Å². The Hall–Kier alpha value is -2.25. The SMILES string of the molecule is NCCCOc1cc([S@@](=O)I)ccc1C(=O)Nc1ccc(Cl)cc1C(=O)Nc1ccc(Cl)cn1. The van der Waals surface area contributed by atoms with Crippen molar-refractivity contribution < 1.29 is 18.5 Å². The Bertz CT molecular complexity index is 1230. The van der Waals surface area contributed by atoms with Crippen molar-refractivity contribution in [2.24, 2.45) is 5.73 Å². The first-order valence-corrected chi connectivity index (χ1v) is 14.3. The lowest BCUT2D eigenvalue weighted by Gasteiger charge is -2.15. The van der Waals surface area contributed by atoms with Crippen LogP contribution in [0.2, 0.25) is 10.0 Å². The molecular weight excluding hydrogens is 614 g/mol. The molecule has 1 heterocycles. The summed E-state index contributed by atoms with van der Waals surface area (Å²) in [5.41, 5.74) is 6.10. The highest BCUT2D eigenvalue weighted by atomic mass is 127. The number of hydrogen-bond donors (Lipinski definition) is 3. The Morgan fingerprint density at radius 3 is 2.41 bits per heavy atom. The third kappa shape index (κ3) is 7.12. The second-order valence-electron chi connectivity index (χ2n) is 6.83. The van der Waals surface area contributed by atoms with Gasteiger partial charge in [-0.05, 0) is 61.5 Å². The average molecular weight is 633 g/mol. The number of ether oxygens (including phenoxy) is 1. The summed E-state index contributed by atoms with van der Waals surface area (Å²) in [6.07, 6.45) is 1.98. The molecule has 0 spiro atoms. The van der Waals surface area contributed by atoms with E-state index in [1.165, 1.54) is 24.4 Å². The first-order chi connectivity index (χ1) is 16.3. The maximum Gasteiger partial charge on any atom is 0.259 e. The zero-order chi connectivity index (χ0) is 24.7. The Kier molecular flexibility index (Phi) is 9.65. The van der Waals surface area contributed by atoms with Crippen LogP contribution in [0, 0.1) is 0 Å². The molecule has 1 aromatic heterocycles. The van der Waals surface area contributed by atoms with Crippen molar-refractivity contribution in [3.63, 3.8) is 0 Å². The fourth-order valence-corrected chi connectivity index (χ4v) is 4.29. The van der Waals surface area contributed by atoms with E-state index in [9.17, 15) is 13.8 Å². The van der Waals surface area contributed by atoms with Gasteiger partial charge in [-0.2, -0.15) is 0 Å². The molecule has 2 aromatic carbocycles. The summed E-state index contributed by atoms with van der Waals surface area (Å²) in [6, 6.07) is 12.3. The van der Waals surface area contributed by atoms with E-state index in [1.807, 2.05) is 0 Å². The van der Waals surface area contributed by atoms with Gasteiger partial charge in [-0.1, -0.05) is 23.2 Å². The van der Waals surface area contributed by atoms with Crippen molar-refractivity contribution in [3.05, 3.63) is 75.9 Å². The van der Waals surface area contributed by atoms with Crippen LogP contribution in [0.15, 0.2) is 59.6 Å². The lowest BCUT2D eigenvalue weighted by Crippen LogP contribution is -2.19. The second kappa shape index (κ2) is 12.5. The molecule has 0 aliphatic rings. The predicted octanol–water partition coefficient (Wildman–Crippen LogP) is 5.08. The quantitative estimate of drug-likeness (QED) is 0.172. The normalized spacial score (nSPS) is 11.5. The van der Waals surface area contributed by atoms with Gasteiger partial charge in [-0.15, -0.1) is 0 Å². The van der Waals surface area contributed by atoms with E-state index in [4.69, 9.17) is 33.7 Å². The molecule has 0 unspecified atom stereocenters. The summed E-state index contributed by atoms with van der Waals surface area (Å²) in [4.78, 5) is 30.5. The van der Waals surface area contributed by atoms with Crippen LogP contribution in [0.3, 0.4) is 0 Å². The number of halogens is 3. The van der Waals surface area contributed by atoms with Crippen LogP contribution in [0.1, 0.15) is 27.1 Å². The third-order valence-electron chi connectivity index (χ3n) is 4.43. The van der Waals surface area contributed by atoms with E-state index in [0.29, 0.717) is 27.9 Å². The summed E-state index contributed by atoms with van der Waals surface area (Å²) in [5, 5.41) is 6.11. The largest absolute Gasteiger partial charge is 0.493 e. The van der Waals surface area contributed by atoms with Crippen LogP contribution in [0.25, 0.3) is 0 Å². The van der Waals surface area contributed by atoms with Gasteiger partial charge in [-0.25, -0.2) is 9.19 Å². The summed E-state index contributed by atoms with van der Waals surface area (Å²) in [6.45, 7) is 0.710. The fourth-order valence-electron chi connectivity index (χ4n) is 2.81. The van der Waals surface area contributed by atoms with E-state index in [2.05, 4.69) is 15.6 Å². The minimum atomic E-state index is -1.29. The maximum absolute atomic E-state index is 13.1. The van der Waals surface area contributed by atoms with E-state index < -0.39 is 19.8 Å². The zero-order valence-electron chi connectivity index (χ0n) is 17.5. The van der Waals surface area contributed by atoms with Gasteiger partial charge in [0, 0.05) is 32.4 Å². The Balaban J connectivity index is 1.87. The smallest absolute Gasteiger partial charge is 0.259 e. The Morgan fingerprint density at radius 1 is 1.00 bits per heavy atom. The number of carbonyl (C=O) groups is 2. The van der Waals surface area contributed by atoms with Gasteiger partial charge in [0.25, 0.3) is 11.8 Å². The van der Waals surface area contributed by atoms with E-state index in [-0.39, 0.29) is 35.0 Å². The molecule has 0 saturated carbocycles. The highest BCUT2D eigenvalue weighted by Gasteiger charge is 2.19. The van der Waals surface area contributed by atoms with Crippen molar-refractivity contribution in [1.82, 2.24) is 4.98 Å². The Labute approximate surface area is 220 Å². The lowest BCUT2D eigenvalue weighted by molar-refractivity contribution is 0.102. The highest BCUT2D eigenvalue weighted by Crippen LogP contribution is 2.27. The van der Waals surface area contributed by atoms with Crippen LogP contribution in [0.4, 0.5) is 11.5 Å². The molecule has 3 rings (SSSR count). The minimum absolute atomic E-state index is 0.133. The van der Waals surface area contributed by atoms with Crippen molar-refractivity contribution in [2.45, 2.75) is 11.3 Å². The van der Waals surface area contributed by atoms with Crippen LogP contribution in [0.5, 0.6) is 5.75 Å². The first kappa shape index (κ1) is 26.4. The number of nitrogens with two attached hydrogens (primary N) is 1. The molecule has 4 N–H and O–H groups in total. The van der Waals surface area contributed by atoms with Gasteiger partial charge >= 0.3 is 0 Å². The van der Waals surface area contributed by atoms with E-state index in [0.717, 1.165) is 0 Å². The number of aromatic nitrogens is 1. The van der Waals surface area contributed by atoms with Crippen molar-refractivity contribution in [3.8, 4) is 5.75 Å². The van der Waals surface area contributed by atoms with Crippen LogP contribution in [-0.4, -0.2) is 34.2 Å². The van der Waals surface area contributed by atoms with Gasteiger partial charge in [0.15, 0.2) is 0 Å². The van der Waals surface area contributed by atoms with Crippen molar-refractivity contribution in [2.75, 3.05) is 23.8 Å². The van der Waals surface area contributed by atoms with Crippen LogP contribution in [-0.2, 0) is 7.97 Å². The van der Waals surface area contributed by atoms with Gasteiger partial charge in [0.05, 0.1) is 33.3 Å². The number of rotatable bonds is 9. The molecule has 2 amide bonds. The number of anilines is 2. The van der Waals surface area contributed by atoms with Gasteiger partial charge in [0.2, 0.25) is 0 Å². The Morgan fingerprint density at radius 2 is 1.74 bits per heavy atom. The monoisotopic (exact) mass is 632 g/mol. The van der Waals surface area contributed by atoms with Gasteiger partial charge in [-0.3, -0.25) is 9.59 Å². The van der Waals surface area contributed by atoms with Crippen molar-refractivity contribution >= 4 is 75.7 Å². The molecule has 34 heavy (non-hydrogen) atoms. The summed E-state index contributed by atoms with van der Waals surface area (Å²) in [7, 11) is -1.29. The molecule has 8 nitrogen and oxygen atoms in total. The molecule has 178 valence electrons. The summed E-state index contributed by atoms with van der Waals surface area (Å²) in [5.74, 6) is -0.499. The molecule has 0 aliphatic heterocycles. The first-order valence-electron chi connectivity index (χ1n) is 9.87. The molecule has 0 saturated heterocycles. The van der Waals surface area contributed by atoms with Gasteiger partial charge in [0.1, 0.15) is 19.5 Å². The molecule has 0 bridgehead atoms. The third-order valence-corrected chi connectivity index (χ3v) is 7.04. The molecule has 12 heteroatoms. The molecular formula is C22H19Cl2IN4O4S. The summed E-state index contributed by atoms with van der Waals surface area (Å²) >= 11 is 13.7. The topological polar surface area (TPSA) is 123 Å². The van der Waals surface area contributed by atoms with Gasteiger partial charge < -0.3 is 21.1 Å². The zero-order valence-corrected chi connectivity index (χ0v) is 22.0. The number of pyridine rings is 1. The second-order valence-corrected chi connectivity index (χ2v) is 11.0. The minimum Gasteiger partial charge on any atom is -0.493 e. The predicted molar refractivity (Wildman–Crippen MR) is 143 cm³/mol. The molecule has 3 aromatic rings. The van der Waals surface area contributed by atoms with E-state index in [1.54, 1.807) is 51.5 Å². The maximum atomic E-state index is 13.1. The molecule has 1 atom stereocenters. The molecule has 0 radical (unpaired) electrons. The number of hydrogen-bond acceptors (Lipinski definition) is 6. The number of amides is 2. The van der Waals surface area contributed by atoms with Crippen LogP contribution >= 0.6 is 44.4 Å². The number of nitrogens with zero attached hydrogens (tertiary/aromatic N) is 1. The number of benzene rings is 2. The molecule has 0 fully saturated rings.